The van der Waals surface area contributed by atoms with Gasteiger partial charge in [0.2, 0.25) is 5.91 Å². The highest BCUT2D eigenvalue weighted by Crippen LogP contribution is 2.16. The molecule has 29 heavy (non-hydrogen) atoms. The van der Waals surface area contributed by atoms with E-state index in [0.29, 0.717) is 5.56 Å². The molecule has 0 unspecified atom stereocenters. The first-order valence-electron chi connectivity index (χ1n) is 9.14. The number of benzene rings is 3. The first-order valence-corrected chi connectivity index (χ1v) is 9.14. The molecule has 0 fully saturated rings. The van der Waals surface area contributed by atoms with Crippen LogP contribution >= 0.6 is 0 Å². The van der Waals surface area contributed by atoms with Gasteiger partial charge in [-0.25, -0.2) is 8.78 Å². The zero-order valence-electron chi connectivity index (χ0n) is 15.6. The quantitative estimate of drug-likeness (QED) is 0.572. The molecule has 0 aromatic heterocycles. The second-order valence-corrected chi connectivity index (χ2v) is 6.34. The summed E-state index contributed by atoms with van der Waals surface area (Å²) in [5.41, 5.74) is 0.532. The average molecular weight is 398 g/mol. The summed E-state index contributed by atoms with van der Waals surface area (Å²) >= 11 is 0. The lowest BCUT2D eigenvalue weighted by Gasteiger charge is -2.09. The summed E-state index contributed by atoms with van der Waals surface area (Å²) in [7, 11) is 0. The molecule has 0 radical (unpaired) electrons. The number of carbonyl (C=O) groups is 2. The standard InChI is InChI=1S/C22H20F2N2O3/c23-19-8-7-18(14-20(19)24)29-12-11-25-21(27)9-10-26-22(28)17-6-5-15-3-1-2-4-16(15)13-17/h1-8,13-14H,9-12H2,(H,25,27)(H,26,28). The van der Waals surface area contributed by atoms with Crippen molar-refractivity contribution in [1.82, 2.24) is 10.6 Å². The van der Waals surface area contributed by atoms with E-state index in [1.165, 1.54) is 6.07 Å². The Morgan fingerprint density at radius 2 is 1.62 bits per heavy atom. The minimum atomic E-state index is -0.992. The fourth-order valence-electron chi connectivity index (χ4n) is 2.74. The van der Waals surface area contributed by atoms with Gasteiger partial charge in [0.1, 0.15) is 12.4 Å². The third-order valence-electron chi connectivity index (χ3n) is 4.23. The monoisotopic (exact) mass is 398 g/mol. The minimum absolute atomic E-state index is 0.111. The number of fused-ring (bicyclic) bond motifs is 1. The van der Waals surface area contributed by atoms with Gasteiger partial charge in [0.25, 0.3) is 5.91 Å². The number of rotatable bonds is 8. The fourth-order valence-corrected chi connectivity index (χ4v) is 2.74. The van der Waals surface area contributed by atoms with Gasteiger partial charge in [-0.15, -0.1) is 0 Å². The molecule has 0 bridgehead atoms. The summed E-state index contributed by atoms with van der Waals surface area (Å²) in [6, 6.07) is 16.4. The molecule has 0 saturated carbocycles. The Bertz CT molecular complexity index is 1020. The van der Waals surface area contributed by atoms with Crippen LogP contribution in [0.25, 0.3) is 10.8 Å². The van der Waals surface area contributed by atoms with E-state index in [4.69, 9.17) is 4.74 Å². The van der Waals surface area contributed by atoms with Crippen LogP contribution in [0.3, 0.4) is 0 Å². The summed E-state index contributed by atoms with van der Waals surface area (Å²) < 4.78 is 31.1. The van der Waals surface area contributed by atoms with Crippen LogP contribution in [0.1, 0.15) is 16.8 Å². The van der Waals surface area contributed by atoms with Gasteiger partial charge in [0.15, 0.2) is 11.6 Å². The van der Waals surface area contributed by atoms with Crippen molar-refractivity contribution in [2.45, 2.75) is 6.42 Å². The molecule has 0 heterocycles. The second-order valence-electron chi connectivity index (χ2n) is 6.34. The van der Waals surface area contributed by atoms with E-state index in [2.05, 4.69) is 10.6 Å². The van der Waals surface area contributed by atoms with Crippen LogP contribution in [-0.2, 0) is 4.79 Å². The Labute approximate surface area is 166 Å². The van der Waals surface area contributed by atoms with Crippen LogP contribution in [0.5, 0.6) is 5.75 Å². The highest BCUT2D eigenvalue weighted by molar-refractivity contribution is 5.98. The summed E-state index contributed by atoms with van der Waals surface area (Å²) in [5, 5.41) is 7.37. The SMILES string of the molecule is O=C(CCNC(=O)c1ccc2ccccc2c1)NCCOc1ccc(F)c(F)c1. The molecule has 0 aliphatic carbocycles. The van der Waals surface area contributed by atoms with Crippen LogP contribution in [0.15, 0.2) is 60.7 Å². The maximum absolute atomic E-state index is 13.1. The Kier molecular flexibility index (Phi) is 6.73. The maximum atomic E-state index is 13.1. The topological polar surface area (TPSA) is 67.4 Å². The van der Waals surface area contributed by atoms with E-state index in [1.807, 2.05) is 30.3 Å². The van der Waals surface area contributed by atoms with Crippen LogP contribution in [0.2, 0.25) is 0 Å². The number of nitrogens with one attached hydrogen (secondary N) is 2. The zero-order valence-corrected chi connectivity index (χ0v) is 15.6. The van der Waals surface area contributed by atoms with Gasteiger partial charge < -0.3 is 15.4 Å². The molecule has 7 heteroatoms. The highest BCUT2D eigenvalue weighted by atomic mass is 19.2. The van der Waals surface area contributed by atoms with Crippen molar-refractivity contribution in [2.75, 3.05) is 19.7 Å². The van der Waals surface area contributed by atoms with Crippen LogP contribution in [0, 0.1) is 11.6 Å². The van der Waals surface area contributed by atoms with E-state index in [9.17, 15) is 18.4 Å². The van der Waals surface area contributed by atoms with Gasteiger partial charge in [-0.05, 0) is 35.0 Å². The number of amides is 2. The predicted molar refractivity (Wildman–Crippen MR) is 106 cm³/mol. The van der Waals surface area contributed by atoms with Crippen molar-refractivity contribution < 1.29 is 23.1 Å². The predicted octanol–water partition coefficient (Wildman–Crippen LogP) is 3.43. The molecule has 0 spiro atoms. The zero-order chi connectivity index (χ0) is 20.6. The molecule has 3 aromatic carbocycles. The Hall–Kier alpha value is -3.48. The summed E-state index contributed by atoms with van der Waals surface area (Å²) in [4.78, 5) is 24.0. The van der Waals surface area contributed by atoms with Crippen molar-refractivity contribution in [2.24, 2.45) is 0 Å². The van der Waals surface area contributed by atoms with Crippen LogP contribution in [0.4, 0.5) is 8.78 Å². The van der Waals surface area contributed by atoms with Gasteiger partial charge in [-0.2, -0.15) is 0 Å². The molecule has 5 nitrogen and oxygen atoms in total. The molecule has 0 aliphatic heterocycles. The summed E-state index contributed by atoms with van der Waals surface area (Å²) in [6.45, 7) is 0.512. The van der Waals surface area contributed by atoms with Gasteiger partial charge in [-0.1, -0.05) is 30.3 Å². The van der Waals surface area contributed by atoms with E-state index >= 15 is 0 Å². The van der Waals surface area contributed by atoms with Crippen molar-refractivity contribution in [3.8, 4) is 5.75 Å². The van der Waals surface area contributed by atoms with Gasteiger partial charge >= 0.3 is 0 Å². The number of hydrogen-bond donors (Lipinski definition) is 2. The lowest BCUT2D eigenvalue weighted by atomic mass is 10.1. The highest BCUT2D eigenvalue weighted by Gasteiger charge is 2.08. The molecule has 2 N–H and O–H groups in total. The number of carbonyl (C=O) groups excluding carboxylic acids is 2. The Morgan fingerprint density at radius 3 is 2.41 bits per heavy atom. The minimum Gasteiger partial charge on any atom is -0.492 e. The normalized spacial score (nSPS) is 10.6. The lowest BCUT2D eigenvalue weighted by molar-refractivity contribution is -0.121. The number of ether oxygens (including phenoxy) is 1. The molecule has 0 aliphatic rings. The largest absolute Gasteiger partial charge is 0.492 e. The molecule has 2 amide bonds. The smallest absolute Gasteiger partial charge is 0.251 e. The molecular formula is C22H20F2N2O3. The number of hydrogen-bond acceptors (Lipinski definition) is 3. The van der Waals surface area contributed by atoms with Crippen molar-refractivity contribution >= 4 is 22.6 Å². The van der Waals surface area contributed by atoms with Crippen molar-refractivity contribution in [3.05, 3.63) is 77.9 Å². The van der Waals surface area contributed by atoms with Gasteiger partial charge in [-0.3, -0.25) is 9.59 Å². The van der Waals surface area contributed by atoms with Crippen LogP contribution < -0.4 is 15.4 Å². The van der Waals surface area contributed by atoms with E-state index < -0.39 is 11.6 Å². The van der Waals surface area contributed by atoms with E-state index in [1.54, 1.807) is 12.1 Å². The molecule has 3 rings (SSSR count). The van der Waals surface area contributed by atoms with Crippen molar-refractivity contribution in [3.63, 3.8) is 0 Å². The molecular weight excluding hydrogens is 378 g/mol. The molecule has 3 aromatic rings. The molecule has 150 valence electrons. The first-order chi connectivity index (χ1) is 14.0. The fraction of sp³-hybridized carbons (Fsp3) is 0.182. The molecule has 0 atom stereocenters. The lowest BCUT2D eigenvalue weighted by Crippen LogP contribution is -2.32. The maximum Gasteiger partial charge on any atom is 0.251 e. The summed E-state index contributed by atoms with van der Waals surface area (Å²) in [5.74, 6) is -2.26. The summed E-state index contributed by atoms with van der Waals surface area (Å²) in [6.07, 6.45) is 0.116. The van der Waals surface area contributed by atoms with E-state index in [0.717, 1.165) is 22.9 Å². The Balaban J connectivity index is 1.35. The van der Waals surface area contributed by atoms with Crippen LogP contribution in [-0.4, -0.2) is 31.5 Å². The second kappa shape index (κ2) is 9.64. The van der Waals surface area contributed by atoms with E-state index in [-0.39, 0.29) is 43.7 Å². The average Bonchev–Trinajstić information content (AvgIpc) is 2.73. The number of halogens is 2. The van der Waals surface area contributed by atoms with Gasteiger partial charge in [0, 0.05) is 24.6 Å². The molecule has 0 saturated heterocycles. The third kappa shape index (κ3) is 5.75. The van der Waals surface area contributed by atoms with Crippen molar-refractivity contribution in [1.29, 1.82) is 0 Å². The Morgan fingerprint density at radius 1 is 0.828 bits per heavy atom. The first kappa shape index (κ1) is 20.3. The van der Waals surface area contributed by atoms with Gasteiger partial charge in [0.05, 0.1) is 6.54 Å². The third-order valence-corrected chi connectivity index (χ3v) is 4.23.